The van der Waals surface area contributed by atoms with Crippen molar-refractivity contribution in [3.05, 3.63) is 58.7 Å². The third-order valence-corrected chi connectivity index (χ3v) is 5.48. The lowest BCUT2D eigenvalue weighted by Crippen LogP contribution is -2.43. The predicted molar refractivity (Wildman–Crippen MR) is 118 cm³/mol. The van der Waals surface area contributed by atoms with E-state index in [9.17, 15) is 19.2 Å². The monoisotopic (exact) mass is 454 g/mol. The standard InChI is InChI=1S/C24H26N2O7/c1-14-5-6-16(7-15(14)2)21(27)13-33-24(30)18-10-22(28)26(12-18)25-23(29)17-8-19(31-3)11-20(9-17)32-4/h5-9,11,18H,10,12-13H2,1-4H3,(H,25,29). The van der Waals surface area contributed by atoms with Crippen molar-refractivity contribution in [1.29, 1.82) is 0 Å². The summed E-state index contributed by atoms with van der Waals surface area (Å²) < 4.78 is 15.4. The summed E-state index contributed by atoms with van der Waals surface area (Å²) in [5.74, 6) is -1.93. The molecule has 1 fully saturated rings. The van der Waals surface area contributed by atoms with Crippen LogP contribution in [0.25, 0.3) is 0 Å². The van der Waals surface area contributed by atoms with Gasteiger partial charge in [-0.25, -0.2) is 0 Å². The Morgan fingerprint density at radius 3 is 2.24 bits per heavy atom. The van der Waals surface area contributed by atoms with Crippen LogP contribution < -0.4 is 14.9 Å². The second-order valence-electron chi connectivity index (χ2n) is 7.78. The molecule has 0 spiro atoms. The molecule has 1 saturated heterocycles. The minimum Gasteiger partial charge on any atom is -0.497 e. The van der Waals surface area contributed by atoms with Crippen molar-refractivity contribution in [3.63, 3.8) is 0 Å². The molecule has 1 aliphatic rings. The van der Waals surface area contributed by atoms with Crippen molar-refractivity contribution in [1.82, 2.24) is 10.4 Å². The molecule has 9 heteroatoms. The zero-order valence-electron chi connectivity index (χ0n) is 19.0. The number of amides is 2. The second-order valence-corrected chi connectivity index (χ2v) is 7.78. The highest BCUT2D eigenvalue weighted by Gasteiger charge is 2.37. The van der Waals surface area contributed by atoms with E-state index in [1.165, 1.54) is 26.4 Å². The number of hydrazine groups is 1. The summed E-state index contributed by atoms with van der Waals surface area (Å²) in [6.45, 7) is 3.37. The van der Waals surface area contributed by atoms with Crippen LogP contribution in [-0.2, 0) is 14.3 Å². The molecule has 0 saturated carbocycles. The van der Waals surface area contributed by atoms with Crippen molar-refractivity contribution in [2.75, 3.05) is 27.4 Å². The Bertz CT molecular complexity index is 1070. The van der Waals surface area contributed by atoms with Gasteiger partial charge in [0.15, 0.2) is 12.4 Å². The van der Waals surface area contributed by atoms with Crippen LogP contribution in [0.4, 0.5) is 0 Å². The number of carbonyl (C=O) groups excluding carboxylic acids is 4. The molecule has 0 bridgehead atoms. The maximum atomic E-state index is 12.6. The van der Waals surface area contributed by atoms with Crippen LogP contribution in [-0.4, -0.2) is 55.9 Å². The van der Waals surface area contributed by atoms with Gasteiger partial charge in [-0.15, -0.1) is 0 Å². The summed E-state index contributed by atoms with van der Waals surface area (Å²) in [5.41, 5.74) is 5.20. The molecule has 33 heavy (non-hydrogen) atoms. The third kappa shape index (κ3) is 5.68. The van der Waals surface area contributed by atoms with E-state index < -0.39 is 30.3 Å². The number of rotatable bonds is 8. The van der Waals surface area contributed by atoms with Gasteiger partial charge in [0, 0.05) is 23.6 Å². The molecule has 0 aromatic heterocycles. The van der Waals surface area contributed by atoms with E-state index in [-0.39, 0.29) is 24.3 Å². The number of hydrogen-bond acceptors (Lipinski definition) is 7. The molecule has 1 heterocycles. The molecule has 3 rings (SSSR count). The number of benzene rings is 2. The number of hydrogen-bond donors (Lipinski definition) is 1. The number of nitrogens with zero attached hydrogens (tertiary/aromatic N) is 1. The van der Waals surface area contributed by atoms with Gasteiger partial charge in [-0.2, -0.15) is 0 Å². The fourth-order valence-electron chi connectivity index (χ4n) is 3.35. The van der Waals surface area contributed by atoms with Gasteiger partial charge in [-0.1, -0.05) is 12.1 Å². The Morgan fingerprint density at radius 2 is 1.64 bits per heavy atom. The number of nitrogens with one attached hydrogen (secondary N) is 1. The van der Waals surface area contributed by atoms with Gasteiger partial charge in [0.05, 0.1) is 26.7 Å². The fraction of sp³-hybridized carbons (Fsp3) is 0.333. The lowest BCUT2D eigenvalue weighted by Gasteiger charge is -2.18. The molecule has 0 aliphatic carbocycles. The highest BCUT2D eigenvalue weighted by Crippen LogP contribution is 2.23. The third-order valence-electron chi connectivity index (χ3n) is 5.48. The largest absolute Gasteiger partial charge is 0.497 e. The molecule has 2 aromatic rings. The molecular formula is C24H26N2O7. The highest BCUT2D eigenvalue weighted by molar-refractivity contribution is 5.99. The van der Waals surface area contributed by atoms with Crippen molar-refractivity contribution in [2.45, 2.75) is 20.3 Å². The molecule has 0 radical (unpaired) electrons. The molecule has 2 aromatic carbocycles. The van der Waals surface area contributed by atoms with E-state index in [2.05, 4.69) is 5.43 Å². The number of ketones is 1. The molecule has 1 unspecified atom stereocenters. The zero-order chi connectivity index (χ0) is 24.1. The van der Waals surface area contributed by atoms with E-state index in [0.29, 0.717) is 17.1 Å². The van der Waals surface area contributed by atoms with Gasteiger partial charge in [0.1, 0.15) is 11.5 Å². The van der Waals surface area contributed by atoms with E-state index >= 15 is 0 Å². The zero-order valence-corrected chi connectivity index (χ0v) is 19.0. The number of ether oxygens (including phenoxy) is 3. The van der Waals surface area contributed by atoms with E-state index in [1.54, 1.807) is 18.2 Å². The minimum atomic E-state index is -0.787. The number of methoxy groups -OCH3 is 2. The maximum absolute atomic E-state index is 12.6. The minimum absolute atomic E-state index is 0.0532. The van der Waals surface area contributed by atoms with Crippen molar-refractivity contribution >= 4 is 23.6 Å². The summed E-state index contributed by atoms with van der Waals surface area (Å²) >= 11 is 0. The molecule has 1 aliphatic heterocycles. The average Bonchev–Trinajstić information content (AvgIpc) is 3.18. The lowest BCUT2D eigenvalue weighted by molar-refractivity contribution is -0.147. The SMILES string of the molecule is COc1cc(OC)cc(C(=O)NN2CC(C(=O)OCC(=O)c3ccc(C)c(C)c3)CC2=O)c1. The first-order chi connectivity index (χ1) is 15.7. The quantitative estimate of drug-likeness (QED) is 0.481. The Labute approximate surface area is 191 Å². The van der Waals surface area contributed by atoms with E-state index in [0.717, 1.165) is 16.1 Å². The first kappa shape index (κ1) is 23.8. The smallest absolute Gasteiger partial charge is 0.311 e. The number of esters is 1. The normalized spacial score (nSPS) is 15.2. The fourth-order valence-corrected chi connectivity index (χ4v) is 3.35. The summed E-state index contributed by atoms with van der Waals surface area (Å²) in [7, 11) is 2.92. The lowest BCUT2D eigenvalue weighted by atomic mass is 10.0. The van der Waals surface area contributed by atoms with Crippen molar-refractivity contribution in [2.24, 2.45) is 5.92 Å². The number of Topliss-reactive ketones (excluding diaryl/α,β-unsaturated/α-hetero) is 1. The van der Waals surface area contributed by atoms with Crippen LogP contribution in [0.1, 0.15) is 38.3 Å². The van der Waals surface area contributed by atoms with Crippen LogP contribution in [0.5, 0.6) is 11.5 Å². The van der Waals surface area contributed by atoms with Crippen LogP contribution in [0.15, 0.2) is 36.4 Å². The Balaban J connectivity index is 1.57. The Kier molecular flexibility index (Phi) is 7.32. The highest BCUT2D eigenvalue weighted by atomic mass is 16.5. The Morgan fingerprint density at radius 1 is 0.970 bits per heavy atom. The second kappa shape index (κ2) is 10.2. The van der Waals surface area contributed by atoms with Crippen LogP contribution in [0.3, 0.4) is 0 Å². The summed E-state index contributed by atoms with van der Waals surface area (Å²) in [5, 5.41) is 1.07. The molecular weight excluding hydrogens is 428 g/mol. The predicted octanol–water partition coefficient (Wildman–Crippen LogP) is 2.24. The maximum Gasteiger partial charge on any atom is 0.311 e. The first-order valence-electron chi connectivity index (χ1n) is 10.3. The number of carbonyl (C=O) groups is 4. The van der Waals surface area contributed by atoms with Gasteiger partial charge in [-0.05, 0) is 43.2 Å². The van der Waals surface area contributed by atoms with Crippen molar-refractivity contribution < 1.29 is 33.4 Å². The van der Waals surface area contributed by atoms with E-state index in [1.807, 2.05) is 19.9 Å². The molecule has 9 nitrogen and oxygen atoms in total. The molecule has 1 atom stereocenters. The van der Waals surface area contributed by atoms with Crippen LogP contribution >= 0.6 is 0 Å². The van der Waals surface area contributed by atoms with Crippen LogP contribution in [0, 0.1) is 19.8 Å². The van der Waals surface area contributed by atoms with Crippen LogP contribution in [0.2, 0.25) is 0 Å². The van der Waals surface area contributed by atoms with Gasteiger partial charge < -0.3 is 14.2 Å². The summed E-state index contributed by atoms with van der Waals surface area (Å²) in [6.07, 6.45) is -0.127. The molecule has 174 valence electrons. The first-order valence-corrected chi connectivity index (χ1v) is 10.3. The Hall–Kier alpha value is -3.88. The average molecular weight is 454 g/mol. The van der Waals surface area contributed by atoms with Crippen molar-refractivity contribution in [3.8, 4) is 11.5 Å². The number of aryl methyl sites for hydroxylation is 2. The van der Waals surface area contributed by atoms with Gasteiger partial charge >= 0.3 is 5.97 Å². The topological polar surface area (TPSA) is 111 Å². The molecule has 1 N–H and O–H groups in total. The van der Waals surface area contributed by atoms with Gasteiger partial charge in [-0.3, -0.25) is 29.6 Å². The summed E-state index contributed by atoms with van der Waals surface area (Å²) in [4.78, 5) is 49.7. The van der Waals surface area contributed by atoms with Gasteiger partial charge in [0.25, 0.3) is 5.91 Å². The van der Waals surface area contributed by atoms with E-state index in [4.69, 9.17) is 14.2 Å². The summed E-state index contributed by atoms with van der Waals surface area (Å²) in [6, 6.07) is 9.88. The van der Waals surface area contributed by atoms with Gasteiger partial charge in [0.2, 0.25) is 5.91 Å². The molecule has 2 amide bonds.